The zero-order valence-electron chi connectivity index (χ0n) is 13.2. The van der Waals surface area contributed by atoms with E-state index in [4.69, 9.17) is 4.74 Å². The molecule has 0 aromatic heterocycles. The number of carbonyl (C=O) groups is 1. The zero-order chi connectivity index (χ0) is 16.0. The van der Waals surface area contributed by atoms with Crippen molar-refractivity contribution in [2.24, 2.45) is 0 Å². The van der Waals surface area contributed by atoms with Gasteiger partial charge in [-0.3, -0.25) is 0 Å². The number of hydrogen-bond acceptors (Lipinski definition) is 4. The number of nitrogens with one attached hydrogen (secondary N) is 2. The van der Waals surface area contributed by atoms with Crippen molar-refractivity contribution in [3.05, 3.63) is 0 Å². The Bertz CT molecular complexity index is 463. The van der Waals surface area contributed by atoms with E-state index in [1.807, 2.05) is 4.90 Å². The molecule has 2 unspecified atom stereocenters. The topological polar surface area (TPSA) is 87.7 Å². The van der Waals surface area contributed by atoms with Crippen LogP contribution < -0.4 is 10.0 Å². The summed E-state index contributed by atoms with van der Waals surface area (Å²) in [6.07, 6.45) is 7.02. The molecule has 8 heteroatoms. The molecule has 0 aromatic carbocycles. The van der Waals surface area contributed by atoms with Crippen molar-refractivity contribution in [3.63, 3.8) is 0 Å². The summed E-state index contributed by atoms with van der Waals surface area (Å²) in [5, 5.41) is 2.95. The molecule has 0 spiro atoms. The van der Waals surface area contributed by atoms with Crippen LogP contribution >= 0.6 is 0 Å². The van der Waals surface area contributed by atoms with E-state index in [1.165, 1.54) is 0 Å². The Kier molecular flexibility index (Phi) is 6.46. The van der Waals surface area contributed by atoms with Crippen molar-refractivity contribution in [2.75, 3.05) is 32.5 Å². The van der Waals surface area contributed by atoms with Crippen LogP contribution in [0.1, 0.15) is 38.5 Å². The molecule has 2 N–H and O–H groups in total. The molecule has 7 nitrogen and oxygen atoms in total. The van der Waals surface area contributed by atoms with Gasteiger partial charge in [-0.05, 0) is 38.5 Å². The van der Waals surface area contributed by atoms with Crippen molar-refractivity contribution >= 4 is 16.1 Å². The van der Waals surface area contributed by atoms with Crippen LogP contribution in [-0.2, 0) is 14.8 Å². The first-order valence-electron chi connectivity index (χ1n) is 8.06. The van der Waals surface area contributed by atoms with Crippen molar-refractivity contribution in [2.45, 2.75) is 50.7 Å². The van der Waals surface area contributed by atoms with Crippen molar-refractivity contribution in [1.29, 1.82) is 0 Å². The quantitative estimate of drug-likeness (QED) is 0.748. The minimum Gasteiger partial charge on any atom is -0.376 e. The van der Waals surface area contributed by atoms with Crippen LogP contribution in [0, 0.1) is 0 Å². The van der Waals surface area contributed by atoms with Crippen LogP contribution in [-0.4, -0.2) is 64.0 Å². The van der Waals surface area contributed by atoms with E-state index in [0.717, 1.165) is 51.5 Å². The predicted octanol–water partition coefficient (Wildman–Crippen LogP) is 0.669. The molecule has 0 aromatic rings. The van der Waals surface area contributed by atoms with Gasteiger partial charge >= 0.3 is 6.03 Å². The molecule has 2 aliphatic heterocycles. The average Bonchev–Trinajstić information content (AvgIpc) is 2.97. The van der Waals surface area contributed by atoms with Crippen molar-refractivity contribution in [3.8, 4) is 0 Å². The summed E-state index contributed by atoms with van der Waals surface area (Å²) in [6.45, 7) is 2.45. The first-order valence-corrected chi connectivity index (χ1v) is 9.95. The molecule has 2 heterocycles. The molecular formula is C14H27N3O4S. The minimum atomic E-state index is -3.17. The lowest BCUT2D eigenvalue weighted by Gasteiger charge is -2.36. The second kappa shape index (κ2) is 8.12. The molecule has 2 atom stereocenters. The Morgan fingerprint density at radius 3 is 2.77 bits per heavy atom. The number of amides is 2. The molecule has 0 radical (unpaired) electrons. The van der Waals surface area contributed by atoms with Gasteiger partial charge in [0.2, 0.25) is 10.0 Å². The van der Waals surface area contributed by atoms with E-state index in [0.29, 0.717) is 19.5 Å². The fourth-order valence-corrected chi connectivity index (χ4v) is 3.58. The molecule has 2 rings (SSSR count). The second-order valence-corrected chi connectivity index (χ2v) is 7.95. The molecule has 22 heavy (non-hydrogen) atoms. The second-order valence-electron chi connectivity index (χ2n) is 6.12. The van der Waals surface area contributed by atoms with Crippen LogP contribution in [0.25, 0.3) is 0 Å². The van der Waals surface area contributed by atoms with E-state index in [9.17, 15) is 13.2 Å². The predicted molar refractivity (Wildman–Crippen MR) is 84.2 cm³/mol. The number of sulfonamides is 1. The third-order valence-corrected chi connectivity index (χ3v) is 4.96. The van der Waals surface area contributed by atoms with E-state index in [-0.39, 0.29) is 18.2 Å². The summed E-state index contributed by atoms with van der Waals surface area (Å²) in [6, 6.07) is 0.0482. The fraction of sp³-hybridized carbons (Fsp3) is 0.929. The number of nitrogens with zero attached hydrogens (tertiary/aromatic N) is 1. The van der Waals surface area contributed by atoms with Crippen LogP contribution in [0.4, 0.5) is 4.79 Å². The molecule has 0 bridgehead atoms. The van der Waals surface area contributed by atoms with Crippen LogP contribution in [0.3, 0.4) is 0 Å². The summed E-state index contributed by atoms with van der Waals surface area (Å²) in [5.41, 5.74) is 0. The van der Waals surface area contributed by atoms with Gasteiger partial charge in [-0.25, -0.2) is 17.9 Å². The largest absolute Gasteiger partial charge is 0.376 e. The maximum atomic E-state index is 12.3. The Morgan fingerprint density at radius 1 is 1.27 bits per heavy atom. The van der Waals surface area contributed by atoms with Gasteiger partial charge in [0.05, 0.1) is 12.4 Å². The first kappa shape index (κ1) is 17.5. The number of rotatable bonds is 6. The Morgan fingerprint density at radius 2 is 2.09 bits per heavy atom. The lowest BCUT2D eigenvalue weighted by molar-refractivity contribution is 0.104. The van der Waals surface area contributed by atoms with Crippen molar-refractivity contribution in [1.82, 2.24) is 14.9 Å². The molecule has 2 saturated heterocycles. The van der Waals surface area contributed by atoms with Gasteiger partial charge in [-0.2, -0.15) is 0 Å². The molecular weight excluding hydrogens is 306 g/mol. The van der Waals surface area contributed by atoms with E-state index >= 15 is 0 Å². The Balaban J connectivity index is 1.78. The smallest absolute Gasteiger partial charge is 0.317 e. The van der Waals surface area contributed by atoms with Gasteiger partial charge in [-0.1, -0.05) is 0 Å². The Labute approximate surface area is 132 Å². The van der Waals surface area contributed by atoms with Crippen LogP contribution in [0.5, 0.6) is 0 Å². The number of carbonyl (C=O) groups excluding carboxylic acids is 1. The maximum absolute atomic E-state index is 12.3. The lowest BCUT2D eigenvalue weighted by Crippen LogP contribution is -2.50. The van der Waals surface area contributed by atoms with E-state index in [2.05, 4.69) is 10.0 Å². The third kappa shape index (κ3) is 5.73. The molecule has 128 valence electrons. The number of piperidine rings is 1. The fourth-order valence-electron chi connectivity index (χ4n) is 3.09. The monoisotopic (exact) mass is 333 g/mol. The zero-order valence-corrected chi connectivity index (χ0v) is 14.0. The summed E-state index contributed by atoms with van der Waals surface area (Å²) in [7, 11) is -3.17. The highest BCUT2D eigenvalue weighted by Crippen LogP contribution is 2.19. The highest BCUT2D eigenvalue weighted by Gasteiger charge is 2.27. The number of hydrogen-bond donors (Lipinski definition) is 2. The van der Waals surface area contributed by atoms with Gasteiger partial charge < -0.3 is 15.0 Å². The molecule has 0 aliphatic carbocycles. The number of ether oxygens (including phenoxy) is 1. The summed E-state index contributed by atoms with van der Waals surface area (Å²) < 4.78 is 30.2. The highest BCUT2D eigenvalue weighted by molar-refractivity contribution is 7.88. The first-order chi connectivity index (χ1) is 10.5. The molecule has 2 amide bonds. The lowest BCUT2D eigenvalue weighted by atomic mass is 10.00. The molecule has 0 saturated carbocycles. The number of urea groups is 1. The van der Waals surface area contributed by atoms with Gasteiger partial charge in [0, 0.05) is 32.3 Å². The van der Waals surface area contributed by atoms with Gasteiger partial charge in [-0.15, -0.1) is 0 Å². The normalized spacial score (nSPS) is 26.1. The van der Waals surface area contributed by atoms with Gasteiger partial charge in [0.25, 0.3) is 0 Å². The highest BCUT2D eigenvalue weighted by atomic mass is 32.2. The summed E-state index contributed by atoms with van der Waals surface area (Å²) in [5.74, 6) is 0. The minimum absolute atomic E-state index is 0.0560. The van der Waals surface area contributed by atoms with Crippen LogP contribution in [0.15, 0.2) is 0 Å². The average molecular weight is 333 g/mol. The molecule has 2 aliphatic rings. The Hall–Kier alpha value is -0.860. The van der Waals surface area contributed by atoms with Gasteiger partial charge in [0.1, 0.15) is 0 Å². The summed E-state index contributed by atoms with van der Waals surface area (Å²) in [4.78, 5) is 14.2. The van der Waals surface area contributed by atoms with Crippen LogP contribution in [0.2, 0.25) is 0 Å². The van der Waals surface area contributed by atoms with E-state index < -0.39 is 10.0 Å². The third-order valence-electron chi connectivity index (χ3n) is 4.23. The van der Waals surface area contributed by atoms with Crippen molar-refractivity contribution < 1.29 is 17.9 Å². The molecule has 2 fully saturated rings. The maximum Gasteiger partial charge on any atom is 0.317 e. The van der Waals surface area contributed by atoms with Gasteiger partial charge in [0.15, 0.2) is 0 Å². The summed E-state index contributed by atoms with van der Waals surface area (Å²) >= 11 is 0. The standard InChI is InChI=1S/C14H27N3O4S/c1-22(19,20)16-8-7-12-5-2-3-9-17(12)14(18)15-11-13-6-4-10-21-13/h12-13,16H,2-11H2,1H3,(H,15,18). The SMILES string of the molecule is CS(=O)(=O)NCCC1CCCCN1C(=O)NCC1CCCO1. The van der Waals surface area contributed by atoms with E-state index in [1.54, 1.807) is 0 Å². The number of likely N-dealkylation sites (tertiary alicyclic amines) is 1.